The standard InChI is InChI=1S/C17H20F2N4S.C14H15ClF2N4S.3C4H9.C3H5.Sn/c1-10(2)13-8-14(21-12-4-6-17(18,19)7-5-12)23-15(22-13)16-20-11(3)9-24-16;1-8-7-22-13(18-8)12-20-10(15)6-11(21-12)19-9-2-4-14(16,17)5-3-9;3*1-3-4-2;1-3-2;/h8-9,12H,1,4-7H2,2-3H3,(H,21,22,23);6-7,9H,2-5H2,1H3,(H,19,20,21);3*1,3-4H2,2H3;1H2,2H3;. The summed E-state index contributed by atoms with van der Waals surface area (Å²) in [5.41, 5.74) is 3.37. The Balaban J connectivity index is 0.000000209. The maximum Gasteiger partial charge on any atom is 0.248 e. The second-order valence-corrected chi connectivity index (χ2v) is 33.3. The van der Waals surface area contributed by atoms with E-state index >= 15 is 0 Å². The summed E-state index contributed by atoms with van der Waals surface area (Å²) < 4.78 is 59.3. The number of halogens is 5. The van der Waals surface area contributed by atoms with E-state index in [4.69, 9.17) is 11.6 Å². The number of thiazole rings is 2. The molecule has 2 aliphatic carbocycles. The average molecular weight is 1030 g/mol. The van der Waals surface area contributed by atoms with Crippen molar-refractivity contribution in [2.24, 2.45) is 0 Å². The molecule has 2 aliphatic rings. The SMILES string of the molecule is C=C(C)c1cc(NC2CCC(F)(F)CC2)nc(-c2nc(C)cs2)n1.C=[C](C)[Sn]([CH2]CCC)([CH2]CCC)[CH2]CCC.Cc1csc(-c2nc(Cl)cc(NC3CCC(F)(F)CC3)n2)n1. The molecule has 0 spiro atoms. The zero-order valence-corrected chi connectivity index (χ0v) is 43.0. The summed E-state index contributed by atoms with van der Waals surface area (Å²) in [6.45, 7) is 23.3. The Morgan fingerprint density at radius 2 is 1.08 bits per heavy atom. The molecule has 0 unspecified atom stereocenters. The molecule has 0 saturated heterocycles. The molecule has 4 aromatic rings. The number of aryl methyl sites for hydroxylation is 2. The van der Waals surface area contributed by atoms with Gasteiger partial charge in [-0.05, 0) is 52.0 Å². The molecule has 2 saturated carbocycles. The van der Waals surface area contributed by atoms with Crippen LogP contribution in [0.5, 0.6) is 0 Å². The number of alkyl halides is 4. The monoisotopic (exact) mass is 1030 g/mol. The number of nitrogens with zero attached hydrogens (tertiary/aromatic N) is 6. The number of anilines is 2. The van der Waals surface area contributed by atoms with Crippen LogP contribution in [0, 0.1) is 13.8 Å². The van der Waals surface area contributed by atoms with Gasteiger partial charge in [-0.2, -0.15) is 0 Å². The van der Waals surface area contributed by atoms with Crippen molar-refractivity contribution in [3.63, 3.8) is 0 Å². The molecule has 8 nitrogen and oxygen atoms in total. The van der Waals surface area contributed by atoms with Gasteiger partial charge in [-0.1, -0.05) is 18.2 Å². The number of nitrogens with one attached hydrogen (secondary N) is 2. The molecule has 0 amide bonds. The van der Waals surface area contributed by atoms with Gasteiger partial charge in [0.2, 0.25) is 11.8 Å². The molecule has 0 aliphatic heterocycles. The molecular formula is C46H67ClF4N8S2Sn. The first-order valence-electron chi connectivity index (χ1n) is 22.3. The number of unbranched alkanes of at least 4 members (excludes halogenated alkanes) is 3. The van der Waals surface area contributed by atoms with Gasteiger partial charge >= 0.3 is 108 Å². The zero-order valence-electron chi connectivity index (χ0n) is 37.8. The van der Waals surface area contributed by atoms with E-state index in [1.807, 2.05) is 37.6 Å². The van der Waals surface area contributed by atoms with Crippen molar-refractivity contribution < 1.29 is 17.6 Å². The normalized spacial score (nSPS) is 16.4. The number of hydrogen-bond donors (Lipinski definition) is 2. The van der Waals surface area contributed by atoms with E-state index in [0.29, 0.717) is 59.1 Å². The number of rotatable bonds is 17. The van der Waals surface area contributed by atoms with Crippen molar-refractivity contribution in [2.75, 3.05) is 10.6 Å². The first kappa shape index (κ1) is 51.9. The third-order valence-corrected chi connectivity index (χ3v) is 30.0. The maximum absolute atomic E-state index is 13.3. The minimum Gasteiger partial charge on any atom is -0.367 e. The van der Waals surface area contributed by atoms with Crippen LogP contribution in [0.1, 0.15) is 142 Å². The molecule has 6 rings (SSSR count). The largest absolute Gasteiger partial charge is 0.367 e. The van der Waals surface area contributed by atoms with E-state index in [-0.39, 0.29) is 37.8 Å². The van der Waals surface area contributed by atoms with Crippen LogP contribution in [0.3, 0.4) is 0 Å². The van der Waals surface area contributed by atoms with Crippen LogP contribution >= 0.6 is 34.3 Å². The van der Waals surface area contributed by atoms with Gasteiger partial charge in [-0.3, -0.25) is 0 Å². The first-order chi connectivity index (χ1) is 29.4. The van der Waals surface area contributed by atoms with Crippen LogP contribution in [-0.2, 0) is 0 Å². The van der Waals surface area contributed by atoms with E-state index in [1.54, 1.807) is 23.0 Å². The smallest absolute Gasteiger partial charge is 0.248 e. The van der Waals surface area contributed by atoms with Gasteiger partial charge in [0, 0.05) is 72.0 Å². The third-order valence-electron chi connectivity index (χ3n) is 11.5. The van der Waals surface area contributed by atoms with Crippen LogP contribution in [0.15, 0.2) is 39.6 Å². The van der Waals surface area contributed by atoms with Crippen LogP contribution in [0.4, 0.5) is 29.2 Å². The Morgan fingerprint density at radius 1 is 0.677 bits per heavy atom. The molecule has 2 N–H and O–H groups in total. The summed E-state index contributed by atoms with van der Waals surface area (Å²) in [5, 5.41) is 12.1. The third kappa shape index (κ3) is 16.7. The van der Waals surface area contributed by atoms with Crippen molar-refractivity contribution >= 4 is 69.9 Å². The van der Waals surface area contributed by atoms with Gasteiger partial charge in [-0.15, -0.1) is 22.7 Å². The molecule has 342 valence electrons. The summed E-state index contributed by atoms with van der Waals surface area (Å²) >= 11 is 7.02. The minimum atomic E-state index is -2.54. The molecule has 0 radical (unpaired) electrons. The summed E-state index contributed by atoms with van der Waals surface area (Å²) in [5.74, 6) is -2.88. The first-order valence-corrected chi connectivity index (χ1v) is 31.9. The fourth-order valence-electron chi connectivity index (χ4n) is 7.68. The number of aromatic nitrogens is 6. The van der Waals surface area contributed by atoms with Crippen molar-refractivity contribution in [1.29, 1.82) is 0 Å². The van der Waals surface area contributed by atoms with Crippen molar-refractivity contribution in [3.8, 4) is 21.7 Å². The summed E-state index contributed by atoms with van der Waals surface area (Å²) in [6.07, 6.45) is 9.81. The van der Waals surface area contributed by atoms with Crippen LogP contribution in [-0.4, -0.2) is 72.2 Å². The van der Waals surface area contributed by atoms with Gasteiger partial charge in [0.25, 0.3) is 0 Å². The fourth-order valence-corrected chi connectivity index (χ4v) is 23.9. The fraction of sp³-hybridized carbons (Fsp3) is 0.609. The van der Waals surface area contributed by atoms with Gasteiger partial charge in [0.1, 0.15) is 16.8 Å². The summed E-state index contributed by atoms with van der Waals surface area (Å²) in [6, 6.07) is 3.41. The number of allylic oxidation sites excluding steroid dienone is 2. The van der Waals surface area contributed by atoms with Crippen LogP contribution in [0.2, 0.25) is 18.5 Å². The van der Waals surface area contributed by atoms with E-state index in [1.165, 1.54) is 61.2 Å². The van der Waals surface area contributed by atoms with Crippen molar-refractivity contribution in [3.05, 3.63) is 61.9 Å². The maximum atomic E-state index is 13.3. The van der Waals surface area contributed by atoms with Crippen molar-refractivity contribution in [1.82, 2.24) is 29.9 Å². The average Bonchev–Trinajstić information content (AvgIpc) is 3.87. The predicted molar refractivity (Wildman–Crippen MR) is 257 cm³/mol. The Bertz CT molecular complexity index is 2000. The molecule has 2 fully saturated rings. The van der Waals surface area contributed by atoms with E-state index in [2.05, 4.69) is 81.4 Å². The van der Waals surface area contributed by atoms with E-state index in [0.717, 1.165) is 27.7 Å². The topological polar surface area (TPSA) is 101 Å². The molecule has 0 bridgehead atoms. The van der Waals surface area contributed by atoms with Gasteiger partial charge in [0.15, 0.2) is 21.7 Å². The van der Waals surface area contributed by atoms with Gasteiger partial charge < -0.3 is 10.6 Å². The second kappa shape index (κ2) is 24.6. The minimum absolute atomic E-state index is 0.00313. The summed E-state index contributed by atoms with van der Waals surface area (Å²) in [4.78, 5) is 26.4. The van der Waals surface area contributed by atoms with Crippen LogP contribution in [0.25, 0.3) is 27.2 Å². The quantitative estimate of drug-likeness (QED) is 0.0613. The number of hydrogen-bond acceptors (Lipinski definition) is 10. The zero-order chi connectivity index (χ0) is 45.5. The molecule has 4 aromatic heterocycles. The molecule has 16 heteroatoms. The van der Waals surface area contributed by atoms with Gasteiger partial charge in [0.05, 0.1) is 5.69 Å². The molecule has 62 heavy (non-hydrogen) atoms. The van der Waals surface area contributed by atoms with Crippen LogP contribution < -0.4 is 10.6 Å². The summed E-state index contributed by atoms with van der Waals surface area (Å²) in [7, 11) is 0. The molecular weight excluding hydrogens is 959 g/mol. The predicted octanol–water partition coefficient (Wildman–Crippen LogP) is 15.4. The molecule has 0 atom stereocenters. The Labute approximate surface area is 384 Å². The Kier molecular flexibility index (Phi) is 20.6. The van der Waals surface area contributed by atoms with E-state index in [9.17, 15) is 17.6 Å². The van der Waals surface area contributed by atoms with Gasteiger partial charge in [-0.25, -0.2) is 47.5 Å². The van der Waals surface area contributed by atoms with Crippen molar-refractivity contribution in [2.45, 2.75) is 176 Å². The second-order valence-electron chi connectivity index (χ2n) is 17.2. The molecule has 4 heterocycles. The molecule has 0 aromatic carbocycles. The van der Waals surface area contributed by atoms with E-state index < -0.39 is 30.2 Å². The Hall–Kier alpha value is -2.69. The Morgan fingerprint density at radius 3 is 1.44 bits per heavy atom.